The van der Waals surface area contributed by atoms with Crippen molar-refractivity contribution in [2.45, 2.75) is 13.3 Å². The van der Waals surface area contributed by atoms with Gasteiger partial charge in [0, 0.05) is 5.56 Å². The molecule has 0 bridgehead atoms. The molecule has 3 nitrogen and oxygen atoms in total. The fourth-order valence-electron chi connectivity index (χ4n) is 1.31. The van der Waals surface area contributed by atoms with Gasteiger partial charge >= 0.3 is 0 Å². The van der Waals surface area contributed by atoms with Crippen molar-refractivity contribution in [1.82, 2.24) is 0 Å². The zero-order valence-electron chi connectivity index (χ0n) is 7.74. The lowest BCUT2D eigenvalue weighted by molar-refractivity contribution is 0.112. The minimum atomic E-state index is 0.163. The van der Waals surface area contributed by atoms with E-state index in [0.717, 1.165) is 5.56 Å². The minimum Gasteiger partial charge on any atom is -0.298 e. The van der Waals surface area contributed by atoms with Gasteiger partial charge in [-0.05, 0) is 18.1 Å². The van der Waals surface area contributed by atoms with Crippen LogP contribution in [0.5, 0.6) is 0 Å². The van der Waals surface area contributed by atoms with E-state index in [9.17, 15) is 4.79 Å². The molecule has 3 heteroatoms. The molecule has 0 aliphatic rings. The van der Waals surface area contributed by atoms with Crippen molar-refractivity contribution in [3.8, 4) is 12.1 Å². The van der Waals surface area contributed by atoms with E-state index in [4.69, 9.17) is 10.5 Å². The molecule has 0 amide bonds. The van der Waals surface area contributed by atoms with E-state index in [2.05, 4.69) is 0 Å². The summed E-state index contributed by atoms with van der Waals surface area (Å²) in [6, 6.07) is 7.29. The molecule has 0 aliphatic heterocycles. The first-order valence-corrected chi connectivity index (χ1v) is 4.09. The molecule has 0 spiro atoms. The van der Waals surface area contributed by atoms with Gasteiger partial charge in [0.05, 0.1) is 18.1 Å². The third-order valence-corrected chi connectivity index (χ3v) is 2.07. The first-order chi connectivity index (χ1) is 6.74. The number of rotatable bonds is 2. The summed E-state index contributed by atoms with van der Waals surface area (Å²) in [6.07, 6.45) is 0.801. The molecule has 0 saturated heterocycles. The first-order valence-electron chi connectivity index (χ1n) is 4.09. The molecule has 0 fully saturated rings. The lowest BCUT2D eigenvalue weighted by Gasteiger charge is -2.05. The summed E-state index contributed by atoms with van der Waals surface area (Å²) >= 11 is 0. The van der Waals surface area contributed by atoms with Gasteiger partial charge in [0.1, 0.15) is 6.07 Å². The van der Waals surface area contributed by atoms with Crippen molar-refractivity contribution in [3.63, 3.8) is 0 Å². The highest BCUT2D eigenvalue weighted by molar-refractivity contribution is 5.80. The predicted octanol–water partition coefficient (Wildman–Crippen LogP) is 1.75. The Bertz CT molecular complexity index is 450. The summed E-state index contributed by atoms with van der Waals surface area (Å²) in [5, 5.41) is 17.4. The number of nitrogens with zero attached hydrogens (tertiary/aromatic N) is 2. The monoisotopic (exact) mass is 184 g/mol. The molecule has 0 heterocycles. The van der Waals surface area contributed by atoms with Crippen molar-refractivity contribution in [2.24, 2.45) is 0 Å². The van der Waals surface area contributed by atoms with Gasteiger partial charge in [-0.1, -0.05) is 12.1 Å². The van der Waals surface area contributed by atoms with Gasteiger partial charge in [0.2, 0.25) is 0 Å². The normalized spacial score (nSPS) is 8.79. The van der Waals surface area contributed by atoms with Gasteiger partial charge in [-0.15, -0.1) is 0 Å². The van der Waals surface area contributed by atoms with Crippen LogP contribution in [0.1, 0.15) is 27.0 Å². The van der Waals surface area contributed by atoms with Crippen LogP contribution in [0.2, 0.25) is 0 Å². The van der Waals surface area contributed by atoms with E-state index in [1.807, 2.05) is 19.1 Å². The Labute approximate surface area is 82.2 Å². The zero-order chi connectivity index (χ0) is 10.6. The molecule has 14 heavy (non-hydrogen) atoms. The summed E-state index contributed by atoms with van der Waals surface area (Å²) in [7, 11) is 0. The summed E-state index contributed by atoms with van der Waals surface area (Å²) < 4.78 is 0. The summed E-state index contributed by atoms with van der Waals surface area (Å²) in [5.74, 6) is 0. The van der Waals surface area contributed by atoms with Gasteiger partial charge in [0.15, 0.2) is 6.29 Å². The number of hydrogen-bond acceptors (Lipinski definition) is 3. The average molecular weight is 184 g/mol. The Balaban J connectivity index is 3.46. The van der Waals surface area contributed by atoms with Gasteiger partial charge in [-0.2, -0.15) is 10.5 Å². The molecule has 1 aromatic carbocycles. The van der Waals surface area contributed by atoms with Crippen molar-refractivity contribution in [2.75, 3.05) is 0 Å². The quantitative estimate of drug-likeness (QED) is 0.657. The second-order valence-corrected chi connectivity index (χ2v) is 2.89. The van der Waals surface area contributed by atoms with Crippen LogP contribution in [-0.2, 0) is 6.42 Å². The van der Waals surface area contributed by atoms with Crippen LogP contribution in [0, 0.1) is 29.6 Å². The van der Waals surface area contributed by atoms with Crippen molar-refractivity contribution in [1.29, 1.82) is 10.5 Å². The van der Waals surface area contributed by atoms with Gasteiger partial charge in [0.25, 0.3) is 0 Å². The van der Waals surface area contributed by atoms with E-state index >= 15 is 0 Å². The third-order valence-electron chi connectivity index (χ3n) is 2.07. The Morgan fingerprint density at radius 2 is 2.14 bits per heavy atom. The van der Waals surface area contributed by atoms with E-state index in [1.165, 1.54) is 0 Å². The summed E-state index contributed by atoms with van der Waals surface area (Å²) in [4.78, 5) is 10.6. The second-order valence-electron chi connectivity index (χ2n) is 2.89. The van der Waals surface area contributed by atoms with Crippen molar-refractivity contribution < 1.29 is 4.79 Å². The zero-order valence-corrected chi connectivity index (χ0v) is 7.74. The first kappa shape index (κ1) is 9.95. The SMILES string of the molecule is Cc1ccc(C=O)c(C#N)c1CC#N. The van der Waals surface area contributed by atoms with Gasteiger partial charge in [-0.25, -0.2) is 0 Å². The van der Waals surface area contributed by atoms with E-state index in [1.54, 1.807) is 12.1 Å². The molecule has 0 unspecified atom stereocenters. The van der Waals surface area contributed by atoms with Crippen LogP contribution in [0.3, 0.4) is 0 Å². The van der Waals surface area contributed by atoms with Crippen LogP contribution in [0.4, 0.5) is 0 Å². The Hall–Kier alpha value is -2.13. The summed E-state index contributed by atoms with van der Waals surface area (Å²) in [5.41, 5.74) is 2.19. The number of aldehydes is 1. The molecule has 0 N–H and O–H groups in total. The molecule has 0 aromatic heterocycles. The van der Waals surface area contributed by atoms with Crippen LogP contribution < -0.4 is 0 Å². The molecule has 0 radical (unpaired) electrons. The Morgan fingerprint density at radius 3 is 2.64 bits per heavy atom. The topological polar surface area (TPSA) is 64.7 Å². The molecule has 0 saturated carbocycles. The highest BCUT2D eigenvalue weighted by Crippen LogP contribution is 2.17. The fourth-order valence-corrected chi connectivity index (χ4v) is 1.31. The third kappa shape index (κ3) is 1.62. The van der Waals surface area contributed by atoms with Crippen molar-refractivity contribution >= 4 is 6.29 Å². The molecule has 0 atom stereocenters. The second kappa shape index (κ2) is 4.20. The largest absolute Gasteiger partial charge is 0.298 e. The Morgan fingerprint density at radius 1 is 1.43 bits per heavy atom. The molecular weight excluding hydrogens is 176 g/mol. The van der Waals surface area contributed by atoms with Gasteiger partial charge in [-0.3, -0.25) is 4.79 Å². The highest BCUT2D eigenvalue weighted by atomic mass is 16.1. The maximum Gasteiger partial charge on any atom is 0.151 e. The van der Waals surface area contributed by atoms with E-state index < -0.39 is 0 Å². The summed E-state index contributed by atoms with van der Waals surface area (Å²) in [6.45, 7) is 1.82. The highest BCUT2D eigenvalue weighted by Gasteiger charge is 2.09. The number of hydrogen-bond donors (Lipinski definition) is 0. The average Bonchev–Trinajstić information content (AvgIpc) is 2.21. The molecule has 1 rings (SSSR count). The number of nitriles is 2. The number of carbonyl (C=O) groups excluding carboxylic acids is 1. The number of aryl methyl sites for hydroxylation is 1. The van der Waals surface area contributed by atoms with Crippen LogP contribution in [-0.4, -0.2) is 6.29 Å². The van der Waals surface area contributed by atoms with Gasteiger partial charge < -0.3 is 0 Å². The fraction of sp³-hybridized carbons (Fsp3) is 0.182. The molecular formula is C11H8N2O. The maximum atomic E-state index is 10.6. The molecule has 1 aromatic rings. The lowest BCUT2D eigenvalue weighted by Crippen LogP contribution is -1.98. The number of benzene rings is 1. The predicted molar refractivity (Wildman–Crippen MR) is 50.6 cm³/mol. The molecule has 0 aliphatic carbocycles. The smallest absolute Gasteiger partial charge is 0.151 e. The minimum absolute atomic E-state index is 0.163. The maximum absolute atomic E-state index is 10.6. The Kier molecular flexibility index (Phi) is 2.99. The van der Waals surface area contributed by atoms with Crippen LogP contribution in [0.25, 0.3) is 0 Å². The van der Waals surface area contributed by atoms with Crippen molar-refractivity contribution in [3.05, 3.63) is 34.4 Å². The molecule has 68 valence electrons. The lowest BCUT2D eigenvalue weighted by atomic mass is 9.96. The van der Waals surface area contributed by atoms with E-state index in [-0.39, 0.29) is 6.42 Å². The number of carbonyl (C=O) groups is 1. The van der Waals surface area contributed by atoms with Crippen LogP contribution >= 0.6 is 0 Å². The van der Waals surface area contributed by atoms with Crippen LogP contribution in [0.15, 0.2) is 12.1 Å². The van der Waals surface area contributed by atoms with E-state index in [0.29, 0.717) is 23.0 Å². The standard InChI is InChI=1S/C11H8N2O/c1-8-2-3-9(7-14)11(6-13)10(8)4-5-12/h2-3,7H,4H2,1H3.